The van der Waals surface area contributed by atoms with E-state index in [2.05, 4.69) is 11.9 Å². The molecule has 1 amide bonds. The normalized spacial score (nSPS) is 13.5. The van der Waals surface area contributed by atoms with Crippen LogP contribution in [0.2, 0.25) is 0 Å². The van der Waals surface area contributed by atoms with Crippen molar-refractivity contribution in [3.05, 3.63) is 36.4 Å². The molecule has 3 N–H and O–H groups in total. The van der Waals surface area contributed by atoms with Gasteiger partial charge in [0.15, 0.2) is 0 Å². The zero-order chi connectivity index (χ0) is 19.0. The van der Waals surface area contributed by atoms with E-state index in [0.717, 1.165) is 0 Å². The highest BCUT2D eigenvalue weighted by molar-refractivity contribution is 5.68. The molecule has 0 aliphatic carbocycles. The molecule has 0 unspecified atom stereocenters. The number of benzene rings is 1. The first kappa shape index (κ1) is 20.8. The van der Waals surface area contributed by atoms with E-state index in [9.17, 15) is 15.0 Å². The third kappa shape index (κ3) is 6.64. The van der Waals surface area contributed by atoms with Crippen molar-refractivity contribution in [3.63, 3.8) is 0 Å². The molecule has 140 valence electrons. The third-order valence-corrected chi connectivity index (χ3v) is 3.18. The Morgan fingerprint density at radius 3 is 2.60 bits per heavy atom. The van der Waals surface area contributed by atoms with Crippen LogP contribution < -0.4 is 14.8 Å². The molecule has 7 heteroatoms. The summed E-state index contributed by atoms with van der Waals surface area (Å²) in [6.07, 6.45) is -0.367. The van der Waals surface area contributed by atoms with Crippen molar-refractivity contribution in [2.45, 2.75) is 38.5 Å². The summed E-state index contributed by atoms with van der Waals surface area (Å²) in [6, 6.07) is 3.92. The van der Waals surface area contributed by atoms with E-state index < -0.39 is 30.4 Å². The molecule has 0 fully saturated rings. The Morgan fingerprint density at radius 1 is 1.40 bits per heavy atom. The molecule has 0 spiro atoms. The van der Waals surface area contributed by atoms with E-state index in [4.69, 9.17) is 14.2 Å². The number of alkyl carbamates (subject to hydrolysis) is 1. The van der Waals surface area contributed by atoms with Gasteiger partial charge in [0.1, 0.15) is 29.8 Å². The number of hydrogen-bond acceptors (Lipinski definition) is 6. The molecule has 1 aromatic carbocycles. The van der Waals surface area contributed by atoms with Gasteiger partial charge < -0.3 is 29.7 Å². The first-order chi connectivity index (χ1) is 11.7. The number of aliphatic hydroxyl groups is 2. The van der Waals surface area contributed by atoms with E-state index in [-0.39, 0.29) is 6.61 Å². The number of hydrogen-bond donors (Lipinski definition) is 3. The fraction of sp³-hybridized carbons (Fsp3) is 0.500. The zero-order valence-corrected chi connectivity index (χ0v) is 15.1. The average Bonchev–Trinajstić information content (AvgIpc) is 2.55. The van der Waals surface area contributed by atoms with Gasteiger partial charge in [0.2, 0.25) is 0 Å². The second-order valence-corrected chi connectivity index (χ2v) is 6.38. The number of nitrogens with one attached hydrogen (secondary N) is 1. The molecule has 0 heterocycles. The largest absolute Gasteiger partial charge is 0.497 e. The van der Waals surface area contributed by atoms with Gasteiger partial charge in [-0.3, -0.25) is 0 Å². The van der Waals surface area contributed by atoms with Gasteiger partial charge >= 0.3 is 6.09 Å². The summed E-state index contributed by atoms with van der Waals surface area (Å²) < 4.78 is 15.8. The van der Waals surface area contributed by atoms with Crippen LogP contribution in [-0.4, -0.2) is 48.3 Å². The lowest BCUT2D eigenvalue weighted by Crippen LogP contribution is -2.44. The van der Waals surface area contributed by atoms with Crippen LogP contribution in [0.25, 0.3) is 0 Å². The van der Waals surface area contributed by atoms with Gasteiger partial charge in [-0.1, -0.05) is 12.7 Å². The molecule has 7 nitrogen and oxygen atoms in total. The lowest BCUT2D eigenvalue weighted by atomic mass is 10.0. The maximum atomic E-state index is 11.9. The van der Waals surface area contributed by atoms with Crippen molar-refractivity contribution in [2.75, 3.05) is 20.3 Å². The Balaban J connectivity index is 2.99. The van der Waals surface area contributed by atoms with E-state index in [1.807, 2.05) is 0 Å². The molecular weight excluding hydrogens is 326 g/mol. The van der Waals surface area contributed by atoms with Crippen molar-refractivity contribution in [3.8, 4) is 11.5 Å². The van der Waals surface area contributed by atoms with Gasteiger partial charge in [0.25, 0.3) is 0 Å². The molecule has 0 aliphatic heterocycles. The van der Waals surface area contributed by atoms with Gasteiger partial charge in [-0.05, 0) is 32.9 Å². The Bertz CT molecular complexity index is 581. The van der Waals surface area contributed by atoms with Crippen LogP contribution >= 0.6 is 0 Å². The SMILES string of the molecule is C=CCOc1cc(OC)ccc1[C@H](O)[C@@H](CO)NC(=O)OC(C)(C)C. The summed E-state index contributed by atoms with van der Waals surface area (Å²) in [5.74, 6) is 0.923. The molecule has 25 heavy (non-hydrogen) atoms. The number of methoxy groups -OCH3 is 1. The fourth-order valence-corrected chi connectivity index (χ4v) is 2.06. The Labute approximate surface area is 148 Å². The Kier molecular flexibility index (Phi) is 7.73. The zero-order valence-electron chi connectivity index (χ0n) is 15.1. The summed E-state index contributed by atoms with van der Waals surface area (Å²) in [4.78, 5) is 11.9. The topological polar surface area (TPSA) is 97.3 Å². The number of rotatable bonds is 8. The number of carbonyl (C=O) groups is 1. The van der Waals surface area contributed by atoms with Gasteiger partial charge in [0.05, 0.1) is 19.8 Å². The van der Waals surface area contributed by atoms with Crippen molar-refractivity contribution in [1.82, 2.24) is 5.32 Å². The van der Waals surface area contributed by atoms with E-state index >= 15 is 0 Å². The van der Waals surface area contributed by atoms with Crippen molar-refractivity contribution in [1.29, 1.82) is 0 Å². The molecule has 0 saturated heterocycles. The van der Waals surface area contributed by atoms with Gasteiger partial charge in [-0.2, -0.15) is 0 Å². The van der Waals surface area contributed by atoms with Crippen LogP contribution in [0.4, 0.5) is 4.79 Å². The molecule has 0 saturated carbocycles. The Hall–Kier alpha value is -2.25. The maximum absolute atomic E-state index is 11.9. The fourth-order valence-electron chi connectivity index (χ4n) is 2.06. The average molecular weight is 353 g/mol. The summed E-state index contributed by atoms with van der Waals surface area (Å²) in [6.45, 7) is 8.51. The minimum absolute atomic E-state index is 0.232. The van der Waals surface area contributed by atoms with Crippen LogP contribution in [-0.2, 0) is 4.74 Å². The first-order valence-electron chi connectivity index (χ1n) is 7.92. The second kappa shape index (κ2) is 9.29. The van der Waals surface area contributed by atoms with Crippen molar-refractivity contribution >= 4 is 6.09 Å². The molecule has 1 rings (SSSR count). The van der Waals surface area contributed by atoms with Crippen LogP contribution in [0.15, 0.2) is 30.9 Å². The standard InChI is InChI=1S/C18H27NO6/c1-6-9-24-15-10-12(23-5)7-8-13(15)16(21)14(11-20)19-17(22)25-18(2,3)4/h6-8,10,14,16,20-21H,1,9,11H2,2-5H3,(H,19,22)/t14-,16+/m1/s1. The van der Waals surface area contributed by atoms with E-state index in [1.165, 1.54) is 7.11 Å². The first-order valence-corrected chi connectivity index (χ1v) is 7.92. The third-order valence-electron chi connectivity index (χ3n) is 3.18. The summed E-state index contributed by atoms with van der Waals surface area (Å²) in [5.41, 5.74) is -0.286. The predicted octanol–water partition coefficient (Wildman–Crippen LogP) is 2.18. The van der Waals surface area contributed by atoms with Gasteiger partial charge in [0, 0.05) is 11.6 Å². The number of aliphatic hydroxyl groups excluding tert-OH is 2. The van der Waals surface area contributed by atoms with Crippen molar-refractivity contribution < 1.29 is 29.2 Å². The van der Waals surface area contributed by atoms with E-state index in [0.29, 0.717) is 17.1 Å². The maximum Gasteiger partial charge on any atom is 0.408 e. The molecule has 0 bridgehead atoms. The van der Waals surface area contributed by atoms with Gasteiger partial charge in [-0.15, -0.1) is 0 Å². The summed E-state index contributed by atoms with van der Waals surface area (Å²) >= 11 is 0. The summed E-state index contributed by atoms with van der Waals surface area (Å²) in [7, 11) is 1.52. The molecular formula is C18H27NO6. The Morgan fingerprint density at radius 2 is 2.08 bits per heavy atom. The molecule has 0 aromatic heterocycles. The highest BCUT2D eigenvalue weighted by Crippen LogP contribution is 2.31. The van der Waals surface area contributed by atoms with Crippen molar-refractivity contribution in [2.24, 2.45) is 0 Å². The van der Waals surface area contributed by atoms with Gasteiger partial charge in [-0.25, -0.2) is 4.79 Å². The predicted molar refractivity (Wildman–Crippen MR) is 93.9 cm³/mol. The monoisotopic (exact) mass is 353 g/mol. The summed E-state index contributed by atoms with van der Waals surface area (Å²) in [5, 5.41) is 22.6. The molecule has 2 atom stereocenters. The van der Waals surface area contributed by atoms with Crippen LogP contribution in [0.1, 0.15) is 32.4 Å². The number of amides is 1. The lowest BCUT2D eigenvalue weighted by molar-refractivity contribution is 0.0345. The molecule has 0 radical (unpaired) electrons. The molecule has 1 aromatic rings. The highest BCUT2D eigenvalue weighted by Gasteiger charge is 2.27. The minimum Gasteiger partial charge on any atom is -0.497 e. The number of ether oxygens (including phenoxy) is 3. The molecule has 0 aliphatic rings. The van der Waals surface area contributed by atoms with Crippen LogP contribution in [0, 0.1) is 0 Å². The van der Waals surface area contributed by atoms with Crippen LogP contribution in [0.3, 0.4) is 0 Å². The number of carbonyl (C=O) groups excluding carboxylic acids is 1. The second-order valence-electron chi connectivity index (χ2n) is 6.38. The van der Waals surface area contributed by atoms with E-state index in [1.54, 1.807) is 45.0 Å². The quantitative estimate of drug-likeness (QED) is 0.620. The van der Waals surface area contributed by atoms with Crippen LogP contribution in [0.5, 0.6) is 11.5 Å². The minimum atomic E-state index is -1.21. The lowest BCUT2D eigenvalue weighted by Gasteiger charge is -2.26. The smallest absolute Gasteiger partial charge is 0.408 e. The highest BCUT2D eigenvalue weighted by atomic mass is 16.6.